The largest absolute Gasteiger partial charge is 0.461 e. The fourth-order valence-corrected chi connectivity index (χ4v) is 3.26. The first kappa shape index (κ1) is 15.8. The van der Waals surface area contributed by atoms with Crippen molar-refractivity contribution in [3.05, 3.63) is 40.9 Å². The number of carbonyl (C=O) groups is 1. The van der Waals surface area contributed by atoms with E-state index in [1.165, 1.54) is 22.8 Å². The Morgan fingerprint density at radius 2 is 2.19 bits per heavy atom. The van der Waals surface area contributed by atoms with Crippen molar-refractivity contribution in [3.8, 4) is 0 Å². The molecule has 1 heterocycles. The predicted molar refractivity (Wildman–Crippen MR) is 73.6 cm³/mol. The van der Waals surface area contributed by atoms with Gasteiger partial charge >= 0.3 is 12.1 Å². The zero-order valence-electron chi connectivity index (χ0n) is 10.8. The summed E-state index contributed by atoms with van der Waals surface area (Å²) in [5, 5.41) is 1.52. The van der Waals surface area contributed by atoms with Crippen molar-refractivity contribution in [3.63, 3.8) is 0 Å². The summed E-state index contributed by atoms with van der Waals surface area (Å²) in [4.78, 5) is 15.9. The van der Waals surface area contributed by atoms with Crippen LogP contribution in [-0.2, 0) is 10.9 Å². The molecule has 3 nitrogen and oxygen atoms in total. The molecule has 112 valence electrons. The lowest BCUT2D eigenvalue weighted by Gasteiger charge is -2.07. The van der Waals surface area contributed by atoms with Crippen molar-refractivity contribution < 1.29 is 22.7 Å². The molecular weight excluding hydrogens is 323 g/mol. The van der Waals surface area contributed by atoms with E-state index in [-0.39, 0.29) is 12.3 Å². The summed E-state index contributed by atoms with van der Waals surface area (Å²) in [7, 11) is 0. The number of esters is 1. The molecule has 8 heteroatoms. The standard InChI is InChI=1S/C13H10F3NO2S2/c1-2-19-11(18)10-7-20-12(17-10)21-9-5-3-4-8(6-9)13(14,15)16/h3-7H,2H2,1H3. The van der Waals surface area contributed by atoms with Gasteiger partial charge in [-0.3, -0.25) is 0 Å². The van der Waals surface area contributed by atoms with E-state index >= 15 is 0 Å². The average molecular weight is 333 g/mol. The van der Waals surface area contributed by atoms with Gasteiger partial charge in [0, 0.05) is 10.3 Å². The molecule has 0 amide bonds. The second-order valence-corrected chi connectivity index (χ2v) is 6.03. The number of alkyl halides is 3. The predicted octanol–water partition coefficient (Wildman–Crippen LogP) is 4.49. The van der Waals surface area contributed by atoms with Crippen LogP contribution in [0.2, 0.25) is 0 Å². The Balaban J connectivity index is 2.14. The second kappa shape index (κ2) is 6.48. The average Bonchev–Trinajstić information content (AvgIpc) is 2.87. The molecule has 0 aliphatic carbocycles. The van der Waals surface area contributed by atoms with E-state index < -0.39 is 17.7 Å². The molecule has 0 saturated carbocycles. The van der Waals surface area contributed by atoms with Gasteiger partial charge in [0.25, 0.3) is 0 Å². The van der Waals surface area contributed by atoms with Crippen molar-refractivity contribution in [2.45, 2.75) is 22.3 Å². The van der Waals surface area contributed by atoms with Crippen molar-refractivity contribution in [1.82, 2.24) is 4.98 Å². The van der Waals surface area contributed by atoms with E-state index in [1.54, 1.807) is 13.0 Å². The maximum Gasteiger partial charge on any atom is 0.416 e. The third-order valence-electron chi connectivity index (χ3n) is 2.33. The highest BCUT2D eigenvalue weighted by molar-refractivity contribution is 8.01. The first-order valence-electron chi connectivity index (χ1n) is 5.88. The van der Waals surface area contributed by atoms with Gasteiger partial charge in [-0.2, -0.15) is 13.2 Å². The molecule has 0 atom stereocenters. The van der Waals surface area contributed by atoms with Crippen molar-refractivity contribution in [1.29, 1.82) is 0 Å². The van der Waals surface area contributed by atoms with Crippen LogP contribution < -0.4 is 0 Å². The van der Waals surface area contributed by atoms with Crippen LogP contribution in [0.1, 0.15) is 23.0 Å². The van der Waals surface area contributed by atoms with Crippen LogP contribution in [0.3, 0.4) is 0 Å². The Hall–Kier alpha value is -1.54. The summed E-state index contributed by atoms with van der Waals surface area (Å²) in [5.41, 5.74) is -0.550. The number of benzene rings is 1. The molecule has 0 saturated heterocycles. The Bertz CT molecular complexity index is 640. The van der Waals surface area contributed by atoms with E-state index in [0.29, 0.717) is 9.24 Å². The number of hydrogen-bond donors (Lipinski definition) is 0. The van der Waals surface area contributed by atoms with E-state index in [1.807, 2.05) is 0 Å². The summed E-state index contributed by atoms with van der Waals surface area (Å²) < 4.78 is 43.1. The summed E-state index contributed by atoms with van der Waals surface area (Å²) >= 11 is 2.26. The fourth-order valence-electron chi connectivity index (χ4n) is 1.44. The molecule has 0 N–H and O–H groups in total. The lowest BCUT2D eigenvalue weighted by Crippen LogP contribution is -2.04. The van der Waals surface area contributed by atoms with Gasteiger partial charge in [0.05, 0.1) is 12.2 Å². The van der Waals surface area contributed by atoms with Crippen molar-refractivity contribution in [2.75, 3.05) is 6.61 Å². The highest BCUT2D eigenvalue weighted by Gasteiger charge is 2.30. The highest BCUT2D eigenvalue weighted by atomic mass is 32.2. The monoisotopic (exact) mass is 333 g/mol. The number of thiazole rings is 1. The Labute approximate surface area is 127 Å². The fraction of sp³-hybridized carbons (Fsp3) is 0.231. The summed E-state index contributed by atoms with van der Waals surface area (Å²) in [6.45, 7) is 1.93. The minimum Gasteiger partial charge on any atom is -0.461 e. The van der Waals surface area contributed by atoms with Gasteiger partial charge < -0.3 is 4.74 Å². The molecule has 0 bridgehead atoms. The number of carbonyl (C=O) groups excluding carboxylic acids is 1. The molecule has 21 heavy (non-hydrogen) atoms. The molecule has 0 unspecified atom stereocenters. The number of rotatable bonds is 4. The Morgan fingerprint density at radius 3 is 2.86 bits per heavy atom. The highest BCUT2D eigenvalue weighted by Crippen LogP contribution is 2.35. The van der Waals surface area contributed by atoms with Crippen LogP contribution in [0.15, 0.2) is 38.9 Å². The van der Waals surface area contributed by atoms with Gasteiger partial charge in [-0.25, -0.2) is 9.78 Å². The number of hydrogen-bond acceptors (Lipinski definition) is 5. The second-order valence-electron chi connectivity index (χ2n) is 3.85. The van der Waals surface area contributed by atoms with E-state index in [2.05, 4.69) is 4.98 Å². The summed E-state index contributed by atoms with van der Waals surface area (Å²) in [6.07, 6.45) is -4.38. The molecule has 2 rings (SSSR count). The zero-order valence-corrected chi connectivity index (χ0v) is 12.4. The van der Waals surface area contributed by atoms with Crippen LogP contribution in [-0.4, -0.2) is 17.6 Å². The van der Waals surface area contributed by atoms with Gasteiger partial charge in [0.2, 0.25) is 0 Å². The zero-order chi connectivity index (χ0) is 15.5. The minimum absolute atomic E-state index is 0.163. The summed E-state index contributed by atoms with van der Waals surface area (Å²) in [6, 6.07) is 4.96. The maximum atomic E-state index is 12.6. The van der Waals surface area contributed by atoms with Crippen LogP contribution in [0, 0.1) is 0 Å². The number of ether oxygens (including phenoxy) is 1. The molecule has 1 aromatic heterocycles. The van der Waals surface area contributed by atoms with Gasteiger partial charge in [-0.1, -0.05) is 17.8 Å². The Morgan fingerprint density at radius 1 is 1.43 bits per heavy atom. The first-order chi connectivity index (χ1) is 9.90. The molecule has 0 aliphatic rings. The molecule has 0 fully saturated rings. The summed E-state index contributed by atoms with van der Waals surface area (Å²) in [5.74, 6) is -0.537. The van der Waals surface area contributed by atoms with E-state index in [9.17, 15) is 18.0 Å². The molecule has 1 aromatic carbocycles. The molecular formula is C13H10F3NO2S2. The third kappa shape index (κ3) is 4.21. The number of aromatic nitrogens is 1. The van der Waals surface area contributed by atoms with Crippen LogP contribution in [0.4, 0.5) is 13.2 Å². The van der Waals surface area contributed by atoms with Crippen LogP contribution >= 0.6 is 23.1 Å². The third-order valence-corrected chi connectivity index (χ3v) is 4.26. The van der Waals surface area contributed by atoms with E-state index in [4.69, 9.17) is 4.74 Å². The maximum absolute atomic E-state index is 12.6. The molecule has 0 spiro atoms. The SMILES string of the molecule is CCOC(=O)c1csc(Sc2cccc(C(F)(F)F)c2)n1. The molecule has 2 aromatic rings. The van der Waals surface area contributed by atoms with Crippen molar-refractivity contribution in [2.24, 2.45) is 0 Å². The van der Waals surface area contributed by atoms with Crippen LogP contribution in [0.25, 0.3) is 0 Å². The van der Waals surface area contributed by atoms with E-state index in [0.717, 1.165) is 23.9 Å². The molecule has 0 aliphatic heterocycles. The smallest absolute Gasteiger partial charge is 0.416 e. The van der Waals surface area contributed by atoms with Crippen LogP contribution in [0.5, 0.6) is 0 Å². The van der Waals surface area contributed by atoms with Gasteiger partial charge in [-0.15, -0.1) is 11.3 Å². The van der Waals surface area contributed by atoms with Gasteiger partial charge in [0.15, 0.2) is 10.0 Å². The minimum atomic E-state index is -4.38. The number of halogens is 3. The molecule has 0 radical (unpaired) electrons. The Kier molecular flexibility index (Phi) is 4.89. The van der Waals surface area contributed by atoms with Gasteiger partial charge in [0.1, 0.15) is 0 Å². The van der Waals surface area contributed by atoms with Gasteiger partial charge in [-0.05, 0) is 25.1 Å². The lowest BCUT2D eigenvalue weighted by molar-refractivity contribution is -0.137. The normalized spacial score (nSPS) is 11.4. The quantitative estimate of drug-likeness (QED) is 0.773. The lowest BCUT2D eigenvalue weighted by atomic mass is 10.2. The topological polar surface area (TPSA) is 39.2 Å². The first-order valence-corrected chi connectivity index (χ1v) is 7.57. The van der Waals surface area contributed by atoms with Crippen molar-refractivity contribution >= 4 is 29.1 Å². The number of nitrogens with zero attached hydrogens (tertiary/aromatic N) is 1.